The first-order chi connectivity index (χ1) is 16.4. The van der Waals surface area contributed by atoms with E-state index in [1.54, 1.807) is 48.7 Å². The van der Waals surface area contributed by atoms with Crippen LogP contribution >= 0.6 is 11.6 Å². The van der Waals surface area contributed by atoms with Gasteiger partial charge in [0.1, 0.15) is 28.6 Å². The number of benzene rings is 2. The van der Waals surface area contributed by atoms with Gasteiger partial charge in [0, 0.05) is 16.9 Å². The van der Waals surface area contributed by atoms with E-state index < -0.39 is 11.5 Å². The van der Waals surface area contributed by atoms with Crippen LogP contribution in [0.1, 0.15) is 16.7 Å². The van der Waals surface area contributed by atoms with Crippen molar-refractivity contribution in [2.24, 2.45) is 0 Å². The molecule has 1 N–H and O–H groups in total. The summed E-state index contributed by atoms with van der Waals surface area (Å²) in [6.45, 7) is 3.75. The summed E-state index contributed by atoms with van der Waals surface area (Å²) in [7, 11) is 0. The number of nitrogens with one attached hydrogen (secondary N) is 1. The lowest BCUT2D eigenvalue weighted by Gasteiger charge is -2.11. The fourth-order valence-electron chi connectivity index (χ4n) is 3.24. The van der Waals surface area contributed by atoms with E-state index in [4.69, 9.17) is 16.3 Å². The molecule has 0 unspecified atom stereocenters. The number of hydrogen-bond donors (Lipinski definition) is 1. The Labute approximate surface area is 200 Å². The Hall–Kier alpha value is -4.41. The first-order valence-corrected chi connectivity index (χ1v) is 10.7. The number of halogens is 1. The van der Waals surface area contributed by atoms with Gasteiger partial charge in [-0.1, -0.05) is 35.4 Å². The van der Waals surface area contributed by atoms with Crippen LogP contribution in [0.25, 0.3) is 11.7 Å². The van der Waals surface area contributed by atoms with Crippen LogP contribution < -0.4 is 15.6 Å². The topological polar surface area (TPSA) is 96.5 Å². The molecule has 0 spiro atoms. The van der Waals surface area contributed by atoms with Crippen molar-refractivity contribution in [1.29, 1.82) is 5.26 Å². The van der Waals surface area contributed by atoms with Crippen LogP contribution in [0.3, 0.4) is 0 Å². The van der Waals surface area contributed by atoms with Crippen LogP contribution in [0.4, 0.5) is 5.69 Å². The lowest BCUT2D eigenvalue weighted by atomic mass is 10.1. The average molecular weight is 471 g/mol. The summed E-state index contributed by atoms with van der Waals surface area (Å²) < 4.78 is 7.25. The van der Waals surface area contributed by atoms with Crippen molar-refractivity contribution in [3.05, 3.63) is 105 Å². The van der Waals surface area contributed by atoms with Gasteiger partial charge in [0.2, 0.25) is 5.88 Å². The van der Waals surface area contributed by atoms with Gasteiger partial charge < -0.3 is 10.1 Å². The first kappa shape index (κ1) is 22.8. The van der Waals surface area contributed by atoms with Gasteiger partial charge in [-0.15, -0.1) is 0 Å². The zero-order valence-electron chi connectivity index (χ0n) is 18.4. The molecule has 0 bridgehead atoms. The van der Waals surface area contributed by atoms with Gasteiger partial charge in [-0.3, -0.25) is 14.0 Å². The molecule has 0 saturated heterocycles. The molecule has 2 aromatic heterocycles. The monoisotopic (exact) mass is 470 g/mol. The number of fused-ring (bicyclic) bond motifs is 1. The summed E-state index contributed by atoms with van der Waals surface area (Å²) in [5.41, 5.74) is 1.93. The Morgan fingerprint density at radius 1 is 1.12 bits per heavy atom. The number of carbonyl (C=O) groups is 1. The Morgan fingerprint density at radius 2 is 1.82 bits per heavy atom. The fourth-order valence-corrected chi connectivity index (χ4v) is 3.36. The number of rotatable bonds is 5. The van der Waals surface area contributed by atoms with Gasteiger partial charge in [0.25, 0.3) is 11.5 Å². The highest BCUT2D eigenvalue weighted by atomic mass is 35.5. The summed E-state index contributed by atoms with van der Waals surface area (Å²) in [6, 6.07) is 19.1. The lowest BCUT2D eigenvalue weighted by Crippen LogP contribution is -2.20. The van der Waals surface area contributed by atoms with Gasteiger partial charge in [-0.25, -0.2) is 0 Å². The summed E-state index contributed by atoms with van der Waals surface area (Å²) in [4.78, 5) is 30.6. The summed E-state index contributed by atoms with van der Waals surface area (Å²) in [5, 5.41) is 12.9. The standard InChI is InChI=1S/C26H19ClN4O3/c1-16-5-9-20(10-6-16)29-24(32)18(15-28)14-22-25(34-21-11-7-19(27)8-12-21)30-23-17(2)4-3-13-31(23)26(22)33/h3-14H,1-2H3,(H,29,32)/b18-14+. The second-order valence-corrected chi connectivity index (χ2v) is 8.00. The predicted molar refractivity (Wildman–Crippen MR) is 131 cm³/mol. The number of carbonyl (C=O) groups excluding carboxylic acids is 1. The van der Waals surface area contributed by atoms with E-state index in [0.717, 1.165) is 11.1 Å². The third kappa shape index (κ3) is 4.82. The maximum Gasteiger partial charge on any atom is 0.269 e. The zero-order valence-corrected chi connectivity index (χ0v) is 19.1. The van der Waals surface area contributed by atoms with E-state index in [2.05, 4.69) is 10.3 Å². The summed E-state index contributed by atoms with van der Waals surface area (Å²) in [5.74, 6) is -0.290. The molecule has 0 aliphatic rings. The number of nitriles is 1. The second-order valence-electron chi connectivity index (χ2n) is 7.57. The lowest BCUT2D eigenvalue weighted by molar-refractivity contribution is -0.112. The molecule has 1 amide bonds. The molecule has 168 valence electrons. The van der Waals surface area contributed by atoms with Crippen LogP contribution in [0.5, 0.6) is 11.6 Å². The number of aryl methyl sites for hydroxylation is 2. The molecule has 0 aliphatic heterocycles. The van der Waals surface area contributed by atoms with Crippen LogP contribution in [0, 0.1) is 25.2 Å². The first-order valence-electron chi connectivity index (χ1n) is 10.3. The van der Waals surface area contributed by atoms with Gasteiger partial charge in [-0.2, -0.15) is 10.2 Å². The van der Waals surface area contributed by atoms with Crippen molar-refractivity contribution >= 4 is 34.9 Å². The Bertz CT molecular complexity index is 1520. The molecular formula is C26H19ClN4O3. The molecule has 4 aromatic rings. The number of nitrogens with zero attached hydrogens (tertiary/aromatic N) is 3. The van der Waals surface area contributed by atoms with E-state index in [1.165, 1.54) is 10.5 Å². The van der Waals surface area contributed by atoms with Crippen molar-refractivity contribution in [3.63, 3.8) is 0 Å². The molecule has 4 rings (SSSR count). The third-order valence-electron chi connectivity index (χ3n) is 5.04. The molecule has 2 aromatic carbocycles. The molecule has 7 nitrogen and oxygen atoms in total. The molecule has 0 atom stereocenters. The highest BCUT2D eigenvalue weighted by molar-refractivity contribution is 6.30. The molecule has 0 aliphatic carbocycles. The van der Waals surface area contributed by atoms with Crippen LogP contribution in [-0.2, 0) is 4.79 Å². The third-order valence-corrected chi connectivity index (χ3v) is 5.29. The Morgan fingerprint density at radius 3 is 2.50 bits per heavy atom. The van der Waals surface area contributed by atoms with Gasteiger partial charge in [0.05, 0.1) is 0 Å². The van der Waals surface area contributed by atoms with Crippen LogP contribution in [0.2, 0.25) is 5.02 Å². The zero-order chi connectivity index (χ0) is 24.2. The maximum atomic E-state index is 13.4. The minimum Gasteiger partial charge on any atom is -0.438 e. The van der Waals surface area contributed by atoms with Gasteiger partial charge in [-0.05, 0) is 68.0 Å². The second kappa shape index (κ2) is 9.61. The molecule has 34 heavy (non-hydrogen) atoms. The molecule has 0 saturated carbocycles. The van der Waals surface area contributed by atoms with E-state index in [1.807, 2.05) is 38.1 Å². The molecule has 2 heterocycles. The van der Waals surface area contributed by atoms with E-state index in [0.29, 0.717) is 22.1 Å². The predicted octanol–water partition coefficient (Wildman–Crippen LogP) is 5.30. The number of amides is 1. The number of aromatic nitrogens is 2. The van der Waals surface area contributed by atoms with Crippen LogP contribution in [0.15, 0.2) is 77.2 Å². The minimum absolute atomic E-state index is 0.0301. The normalized spacial score (nSPS) is 11.2. The van der Waals surface area contributed by atoms with E-state index >= 15 is 0 Å². The minimum atomic E-state index is -0.655. The maximum absolute atomic E-state index is 13.4. The SMILES string of the molecule is Cc1ccc(NC(=O)/C(C#N)=C/c2c(Oc3ccc(Cl)cc3)nc3c(C)cccn3c2=O)cc1. The summed E-state index contributed by atoms with van der Waals surface area (Å²) >= 11 is 5.95. The average Bonchev–Trinajstić information content (AvgIpc) is 2.82. The smallest absolute Gasteiger partial charge is 0.269 e. The van der Waals surface area contributed by atoms with Crippen molar-refractivity contribution < 1.29 is 9.53 Å². The molecule has 0 fully saturated rings. The van der Waals surface area contributed by atoms with Crippen molar-refractivity contribution in [1.82, 2.24) is 9.38 Å². The van der Waals surface area contributed by atoms with Crippen LogP contribution in [-0.4, -0.2) is 15.3 Å². The highest BCUT2D eigenvalue weighted by Crippen LogP contribution is 2.26. The number of hydrogen-bond acceptors (Lipinski definition) is 5. The molecule has 8 heteroatoms. The van der Waals surface area contributed by atoms with Crippen molar-refractivity contribution in [3.8, 4) is 17.7 Å². The van der Waals surface area contributed by atoms with Crippen molar-refractivity contribution in [2.75, 3.05) is 5.32 Å². The van der Waals surface area contributed by atoms with Crippen molar-refractivity contribution in [2.45, 2.75) is 13.8 Å². The van der Waals surface area contributed by atoms with E-state index in [9.17, 15) is 14.9 Å². The Kier molecular flexibility index (Phi) is 6.44. The van der Waals surface area contributed by atoms with Gasteiger partial charge in [0.15, 0.2) is 0 Å². The molecular weight excluding hydrogens is 452 g/mol. The highest BCUT2D eigenvalue weighted by Gasteiger charge is 2.18. The Balaban J connectivity index is 1.82. The quantitative estimate of drug-likeness (QED) is 0.315. The largest absolute Gasteiger partial charge is 0.438 e. The number of ether oxygens (including phenoxy) is 1. The number of anilines is 1. The summed E-state index contributed by atoms with van der Waals surface area (Å²) in [6.07, 6.45) is 2.76. The fraction of sp³-hybridized carbons (Fsp3) is 0.0769. The van der Waals surface area contributed by atoms with E-state index in [-0.39, 0.29) is 17.0 Å². The molecule has 0 radical (unpaired) electrons. The van der Waals surface area contributed by atoms with Gasteiger partial charge >= 0.3 is 0 Å². The number of pyridine rings is 1.